The van der Waals surface area contributed by atoms with Crippen LogP contribution in [0.5, 0.6) is 0 Å². The van der Waals surface area contributed by atoms with Crippen LogP contribution in [0.4, 0.5) is 0 Å². The van der Waals surface area contributed by atoms with Gasteiger partial charge in [-0.1, -0.05) is 0 Å². The number of nitrogens with zero attached hydrogens (tertiary/aromatic N) is 3. The molecular formula is C15H26N4. The van der Waals surface area contributed by atoms with Gasteiger partial charge in [0, 0.05) is 45.3 Å². The lowest BCUT2D eigenvalue weighted by atomic mass is 10.0. The Hall–Kier alpha value is -0.630. The molecule has 4 nitrogen and oxygen atoms in total. The molecule has 2 saturated carbocycles. The van der Waals surface area contributed by atoms with E-state index in [2.05, 4.69) is 28.1 Å². The molecule has 1 unspecified atom stereocenters. The fourth-order valence-corrected chi connectivity index (χ4v) is 3.03. The second-order valence-corrected chi connectivity index (χ2v) is 6.88. The fourth-order valence-electron chi connectivity index (χ4n) is 3.03. The lowest BCUT2D eigenvalue weighted by Crippen LogP contribution is -2.56. The molecule has 0 radical (unpaired) electrons. The average molecular weight is 262 g/mol. The summed E-state index contributed by atoms with van der Waals surface area (Å²) in [5, 5.41) is 12.9. The minimum absolute atomic E-state index is 0.361. The summed E-state index contributed by atoms with van der Waals surface area (Å²) < 4.78 is 0. The van der Waals surface area contributed by atoms with Gasteiger partial charge in [0.1, 0.15) is 5.54 Å². The predicted molar refractivity (Wildman–Crippen MR) is 75.8 cm³/mol. The molecule has 3 rings (SSSR count). The van der Waals surface area contributed by atoms with Gasteiger partial charge in [-0.25, -0.2) is 0 Å². The van der Waals surface area contributed by atoms with E-state index in [-0.39, 0.29) is 5.54 Å². The van der Waals surface area contributed by atoms with E-state index in [1.54, 1.807) is 0 Å². The summed E-state index contributed by atoms with van der Waals surface area (Å²) in [4.78, 5) is 5.06. The minimum atomic E-state index is -0.361. The number of piperazine rings is 1. The molecule has 1 saturated heterocycles. The quantitative estimate of drug-likeness (QED) is 0.777. The Bertz CT molecular complexity index is 348. The molecule has 0 aromatic heterocycles. The number of nitrogens with one attached hydrogen (secondary N) is 1. The van der Waals surface area contributed by atoms with Crippen LogP contribution >= 0.6 is 0 Å². The Morgan fingerprint density at radius 2 is 1.74 bits per heavy atom. The first-order valence-electron chi connectivity index (χ1n) is 7.80. The van der Waals surface area contributed by atoms with Crippen LogP contribution in [-0.4, -0.2) is 60.6 Å². The highest BCUT2D eigenvalue weighted by atomic mass is 15.3. The van der Waals surface area contributed by atoms with E-state index in [1.807, 2.05) is 0 Å². The second kappa shape index (κ2) is 5.40. The van der Waals surface area contributed by atoms with Crippen molar-refractivity contribution in [2.45, 2.75) is 44.2 Å². The fraction of sp³-hybridized carbons (Fsp3) is 0.933. The molecule has 106 valence electrons. The van der Waals surface area contributed by atoms with Crippen molar-refractivity contribution in [2.24, 2.45) is 5.92 Å². The van der Waals surface area contributed by atoms with Crippen LogP contribution in [0.25, 0.3) is 0 Å². The summed E-state index contributed by atoms with van der Waals surface area (Å²) >= 11 is 0. The van der Waals surface area contributed by atoms with Crippen LogP contribution in [-0.2, 0) is 0 Å². The standard InChI is InChI=1S/C15H26N4/c1-15(11-16,17-14-4-5-14)12-19-8-6-18(7-9-19)10-13-2-3-13/h13-14,17H,2-10,12H2,1H3. The molecule has 0 aromatic rings. The molecule has 0 aromatic carbocycles. The van der Waals surface area contributed by atoms with Crippen molar-refractivity contribution in [1.82, 2.24) is 15.1 Å². The first kappa shape index (κ1) is 13.4. The zero-order valence-corrected chi connectivity index (χ0v) is 12.1. The maximum Gasteiger partial charge on any atom is 0.116 e. The van der Waals surface area contributed by atoms with E-state index >= 15 is 0 Å². The monoisotopic (exact) mass is 262 g/mol. The van der Waals surface area contributed by atoms with Gasteiger partial charge in [0.05, 0.1) is 6.07 Å². The summed E-state index contributed by atoms with van der Waals surface area (Å²) in [7, 11) is 0. The lowest BCUT2D eigenvalue weighted by Gasteiger charge is -2.38. The number of hydrogen-bond donors (Lipinski definition) is 1. The van der Waals surface area contributed by atoms with Crippen molar-refractivity contribution >= 4 is 0 Å². The molecule has 3 aliphatic rings. The van der Waals surface area contributed by atoms with Crippen LogP contribution in [0.3, 0.4) is 0 Å². The van der Waals surface area contributed by atoms with Crippen molar-refractivity contribution < 1.29 is 0 Å². The first-order chi connectivity index (χ1) is 9.17. The molecule has 4 heteroatoms. The maximum absolute atomic E-state index is 9.42. The topological polar surface area (TPSA) is 42.3 Å². The van der Waals surface area contributed by atoms with Crippen molar-refractivity contribution in [3.63, 3.8) is 0 Å². The summed E-state index contributed by atoms with van der Waals surface area (Å²) in [5.41, 5.74) is -0.361. The highest BCUT2D eigenvalue weighted by Crippen LogP contribution is 2.30. The molecular weight excluding hydrogens is 236 g/mol. The SMILES string of the molecule is CC(C#N)(CN1CCN(CC2CC2)CC1)NC1CC1. The van der Waals surface area contributed by atoms with Crippen LogP contribution < -0.4 is 5.32 Å². The summed E-state index contributed by atoms with van der Waals surface area (Å²) in [6, 6.07) is 3.08. The van der Waals surface area contributed by atoms with E-state index in [0.717, 1.165) is 25.6 Å². The molecule has 3 fully saturated rings. The number of hydrogen-bond acceptors (Lipinski definition) is 4. The highest BCUT2D eigenvalue weighted by molar-refractivity contribution is 5.09. The second-order valence-electron chi connectivity index (χ2n) is 6.88. The molecule has 1 heterocycles. The van der Waals surface area contributed by atoms with Gasteiger partial charge in [0.25, 0.3) is 0 Å². The third-order valence-corrected chi connectivity index (χ3v) is 4.56. The van der Waals surface area contributed by atoms with Gasteiger partial charge in [-0.15, -0.1) is 0 Å². The number of rotatable bonds is 6. The zero-order chi connectivity index (χ0) is 13.3. The predicted octanol–water partition coefficient (Wildman–Crippen LogP) is 1.05. The Labute approximate surface area is 116 Å². The Balaban J connectivity index is 1.43. The van der Waals surface area contributed by atoms with Crippen LogP contribution in [0.2, 0.25) is 0 Å². The van der Waals surface area contributed by atoms with E-state index in [0.29, 0.717) is 6.04 Å². The Morgan fingerprint density at radius 1 is 1.11 bits per heavy atom. The highest BCUT2D eigenvalue weighted by Gasteiger charge is 2.35. The van der Waals surface area contributed by atoms with E-state index in [4.69, 9.17) is 0 Å². The van der Waals surface area contributed by atoms with E-state index in [1.165, 1.54) is 45.3 Å². The molecule has 0 spiro atoms. The van der Waals surface area contributed by atoms with Gasteiger partial charge in [0.2, 0.25) is 0 Å². The molecule has 19 heavy (non-hydrogen) atoms. The Kier molecular flexibility index (Phi) is 3.79. The molecule has 2 aliphatic carbocycles. The Morgan fingerprint density at radius 3 is 2.26 bits per heavy atom. The van der Waals surface area contributed by atoms with E-state index < -0.39 is 0 Å². The van der Waals surface area contributed by atoms with Crippen molar-refractivity contribution in [3.05, 3.63) is 0 Å². The summed E-state index contributed by atoms with van der Waals surface area (Å²) in [6.07, 6.45) is 5.37. The van der Waals surface area contributed by atoms with Gasteiger partial charge in [-0.2, -0.15) is 5.26 Å². The normalized spacial score (nSPS) is 28.8. The summed E-state index contributed by atoms with van der Waals surface area (Å²) in [6.45, 7) is 8.85. The third kappa shape index (κ3) is 3.92. The lowest BCUT2D eigenvalue weighted by molar-refractivity contribution is 0.112. The van der Waals surface area contributed by atoms with Crippen LogP contribution in [0, 0.1) is 17.2 Å². The molecule has 0 bridgehead atoms. The largest absolute Gasteiger partial charge is 0.301 e. The van der Waals surface area contributed by atoms with Gasteiger partial charge < -0.3 is 4.90 Å². The number of nitriles is 1. The van der Waals surface area contributed by atoms with Crippen molar-refractivity contribution in [1.29, 1.82) is 5.26 Å². The first-order valence-corrected chi connectivity index (χ1v) is 7.80. The van der Waals surface area contributed by atoms with Crippen molar-refractivity contribution in [3.8, 4) is 6.07 Å². The van der Waals surface area contributed by atoms with Gasteiger partial charge >= 0.3 is 0 Å². The van der Waals surface area contributed by atoms with Crippen LogP contribution in [0.1, 0.15) is 32.6 Å². The molecule has 1 N–H and O–H groups in total. The van der Waals surface area contributed by atoms with E-state index in [9.17, 15) is 5.26 Å². The smallest absolute Gasteiger partial charge is 0.116 e. The third-order valence-electron chi connectivity index (χ3n) is 4.56. The average Bonchev–Trinajstić information content (AvgIpc) is 3.28. The minimum Gasteiger partial charge on any atom is -0.301 e. The molecule has 1 aliphatic heterocycles. The zero-order valence-electron chi connectivity index (χ0n) is 12.1. The van der Waals surface area contributed by atoms with Gasteiger partial charge in [-0.05, 0) is 38.5 Å². The van der Waals surface area contributed by atoms with Crippen molar-refractivity contribution in [2.75, 3.05) is 39.3 Å². The van der Waals surface area contributed by atoms with Crippen LogP contribution in [0.15, 0.2) is 0 Å². The van der Waals surface area contributed by atoms with Gasteiger partial charge in [-0.3, -0.25) is 10.2 Å². The maximum atomic E-state index is 9.42. The van der Waals surface area contributed by atoms with Gasteiger partial charge in [0.15, 0.2) is 0 Å². The summed E-state index contributed by atoms with van der Waals surface area (Å²) in [5.74, 6) is 0.993. The molecule has 0 amide bonds. The molecule has 1 atom stereocenters.